The van der Waals surface area contributed by atoms with Crippen LogP contribution in [0.2, 0.25) is 0 Å². The van der Waals surface area contributed by atoms with Crippen LogP contribution in [0.25, 0.3) is 0 Å². The van der Waals surface area contributed by atoms with Crippen molar-refractivity contribution in [3.8, 4) is 0 Å². The number of hydrogen-bond donors (Lipinski definition) is 1. The summed E-state index contributed by atoms with van der Waals surface area (Å²) in [5.41, 5.74) is 2.55. The summed E-state index contributed by atoms with van der Waals surface area (Å²) in [6, 6.07) is 17.9. The van der Waals surface area contributed by atoms with Crippen molar-refractivity contribution in [1.82, 2.24) is 4.31 Å². The zero-order valence-electron chi connectivity index (χ0n) is 18.8. The first kappa shape index (κ1) is 24.2. The van der Waals surface area contributed by atoms with Gasteiger partial charge in [0, 0.05) is 25.2 Å². The molecule has 4 rings (SSSR count). The van der Waals surface area contributed by atoms with Crippen molar-refractivity contribution in [1.29, 1.82) is 0 Å². The van der Waals surface area contributed by atoms with Gasteiger partial charge < -0.3 is 19.2 Å². The minimum atomic E-state index is -3.52. The highest BCUT2D eigenvalue weighted by Gasteiger charge is 2.26. The summed E-state index contributed by atoms with van der Waals surface area (Å²) in [7, 11) is -3.52. The van der Waals surface area contributed by atoms with Gasteiger partial charge in [0.15, 0.2) is 0 Å². The van der Waals surface area contributed by atoms with Crippen molar-refractivity contribution in [3.05, 3.63) is 83.8 Å². The number of carbonyl (C=O) groups is 1. The Morgan fingerprint density at radius 1 is 0.971 bits per heavy atom. The van der Waals surface area contributed by atoms with E-state index in [0.29, 0.717) is 51.6 Å². The summed E-state index contributed by atoms with van der Waals surface area (Å²) in [5, 5.41) is 2.91. The Bertz CT molecular complexity index is 1170. The Morgan fingerprint density at radius 2 is 1.76 bits per heavy atom. The van der Waals surface area contributed by atoms with E-state index in [1.54, 1.807) is 30.5 Å². The third-order valence-electron chi connectivity index (χ3n) is 5.48. The first-order valence-corrected chi connectivity index (χ1v) is 12.6. The fourth-order valence-electron chi connectivity index (χ4n) is 3.65. The number of hydrogen-bond acceptors (Lipinski definition) is 6. The number of rotatable bonds is 10. The number of amides is 1. The van der Waals surface area contributed by atoms with Crippen LogP contribution >= 0.6 is 0 Å². The molecule has 0 atom stereocenters. The number of benzene rings is 2. The van der Waals surface area contributed by atoms with Crippen molar-refractivity contribution in [2.75, 3.05) is 31.6 Å². The van der Waals surface area contributed by atoms with Crippen molar-refractivity contribution >= 4 is 21.6 Å². The highest BCUT2D eigenvalue weighted by molar-refractivity contribution is 7.89. The first-order valence-electron chi connectivity index (χ1n) is 11.2. The molecule has 8 nitrogen and oxygen atoms in total. The molecule has 1 fully saturated rings. The van der Waals surface area contributed by atoms with E-state index < -0.39 is 10.0 Å². The fraction of sp³-hybridized carbons (Fsp3) is 0.320. The second-order valence-electron chi connectivity index (χ2n) is 7.98. The van der Waals surface area contributed by atoms with E-state index in [-0.39, 0.29) is 17.2 Å². The molecule has 1 aliphatic rings. The second kappa shape index (κ2) is 11.4. The Labute approximate surface area is 199 Å². The molecule has 0 bridgehead atoms. The summed E-state index contributed by atoms with van der Waals surface area (Å²) in [6.45, 7) is 2.34. The lowest BCUT2D eigenvalue weighted by molar-refractivity contribution is -0.116. The van der Waals surface area contributed by atoms with Gasteiger partial charge in [0.2, 0.25) is 15.9 Å². The number of morpholine rings is 1. The van der Waals surface area contributed by atoms with Gasteiger partial charge in [0.05, 0.1) is 31.0 Å². The third kappa shape index (κ3) is 6.54. The molecule has 34 heavy (non-hydrogen) atoms. The Hall–Kier alpha value is -2.98. The lowest BCUT2D eigenvalue weighted by atomic mass is 10.1. The zero-order chi connectivity index (χ0) is 23.8. The maximum absolute atomic E-state index is 12.7. The maximum Gasteiger partial charge on any atom is 0.243 e. The average molecular weight is 485 g/mol. The lowest BCUT2D eigenvalue weighted by Crippen LogP contribution is -2.40. The van der Waals surface area contributed by atoms with Crippen LogP contribution in [0.1, 0.15) is 23.3 Å². The molecule has 0 radical (unpaired) electrons. The molecule has 2 heterocycles. The van der Waals surface area contributed by atoms with E-state index in [4.69, 9.17) is 13.9 Å². The van der Waals surface area contributed by atoms with Crippen molar-refractivity contribution < 1.29 is 27.1 Å². The minimum absolute atomic E-state index is 0.112. The molecule has 180 valence electrons. The van der Waals surface area contributed by atoms with Gasteiger partial charge in [-0.25, -0.2) is 8.42 Å². The second-order valence-corrected chi connectivity index (χ2v) is 9.92. The number of aryl methyl sites for hydroxylation is 1. The molecule has 1 amide bonds. The number of anilines is 1. The van der Waals surface area contributed by atoms with Crippen LogP contribution in [0.15, 0.2) is 76.2 Å². The summed E-state index contributed by atoms with van der Waals surface area (Å²) in [5.74, 6) is 0.648. The van der Waals surface area contributed by atoms with Crippen LogP contribution in [-0.4, -0.2) is 44.9 Å². The quantitative estimate of drug-likeness (QED) is 0.472. The first-order chi connectivity index (χ1) is 16.5. The molecule has 1 aliphatic heterocycles. The highest BCUT2D eigenvalue weighted by Crippen LogP contribution is 2.19. The third-order valence-corrected chi connectivity index (χ3v) is 7.39. The van der Waals surface area contributed by atoms with Gasteiger partial charge >= 0.3 is 0 Å². The standard InChI is InChI=1S/C25H28N2O6S/c28-25(26-22-4-1-3-21(17-22)18-32-19-23-5-2-14-33-23)11-8-20-6-9-24(10-7-20)34(29,30)27-12-15-31-16-13-27/h1-7,9-10,14,17H,8,11-13,15-16,18-19H2,(H,26,28). The number of nitrogens with one attached hydrogen (secondary N) is 1. The number of furan rings is 1. The number of ether oxygens (including phenoxy) is 2. The van der Waals surface area contributed by atoms with Crippen LogP contribution in [0.4, 0.5) is 5.69 Å². The normalized spacial score (nSPS) is 14.7. The van der Waals surface area contributed by atoms with Crippen LogP contribution in [0, 0.1) is 0 Å². The van der Waals surface area contributed by atoms with Crippen molar-refractivity contribution in [3.63, 3.8) is 0 Å². The van der Waals surface area contributed by atoms with E-state index in [1.165, 1.54) is 4.31 Å². The smallest absolute Gasteiger partial charge is 0.243 e. The molecule has 2 aromatic carbocycles. The molecule has 0 unspecified atom stereocenters. The predicted molar refractivity (Wildman–Crippen MR) is 127 cm³/mol. The highest BCUT2D eigenvalue weighted by atomic mass is 32.2. The number of carbonyl (C=O) groups excluding carboxylic acids is 1. The van der Waals surface area contributed by atoms with Crippen molar-refractivity contribution in [2.24, 2.45) is 0 Å². The monoisotopic (exact) mass is 484 g/mol. The molecule has 1 N–H and O–H groups in total. The molecule has 0 aliphatic carbocycles. The van der Waals surface area contributed by atoms with E-state index in [0.717, 1.165) is 16.9 Å². The van der Waals surface area contributed by atoms with E-state index in [9.17, 15) is 13.2 Å². The van der Waals surface area contributed by atoms with Gasteiger partial charge in [-0.1, -0.05) is 24.3 Å². The number of nitrogens with zero attached hydrogens (tertiary/aromatic N) is 1. The van der Waals surface area contributed by atoms with Gasteiger partial charge in [0.1, 0.15) is 12.4 Å². The van der Waals surface area contributed by atoms with E-state index >= 15 is 0 Å². The molecule has 3 aromatic rings. The molecular weight excluding hydrogens is 456 g/mol. The van der Waals surface area contributed by atoms with Crippen LogP contribution in [-0.2, 0) is 43.9 Å². The molecule has 1 saturated heterocycles. The predicted octanol–water partition coefficient (Wildman–Crippen LogP) is 3.59. The molecule has 0 saturated carbocycles. The Balaban J connectivity index is 1.25. The zero-order valence-corrected chi connectivity index (χ0v) is 19.6. The Morgan fingerprint density at radius 3 is 2.50 bits per heavy atom. The molecule has 9 heteroatoms. The summed E-state index contributed by atoms with van der Waals surface area (Å²) >= 11 is 0. The summed E-state index contributed by atoms with van der Waals surface area (Å²) < 4.78 is 43.0. The van der Waals surface area contributed by atoms with Crippen LogP contribution < -0.4 is 5.32 Å². The fourth-order valence-corrected chi connectivity index (χ4v) is 5.06. The average Bonchev–Trinajstić information content (AvgIpc) is 3.37. The van der Waals surface area contributed by atoms with Crippen LogP contribution in [0.5, 0.6) is 0 Å². The van der Waals surface area contributed by atoms with Crippen LogP contribution in [0.3, 0.4) is 0 Å². The number of sulfonamides is 1. The van der Waals surface area contributed by atoms with E-state index in [1.807, 2.05) is 36.4 Å². The minimum Gasteiger partial charge on any atom is -0.467 e. The van der Waals surface area contributed by atoms with Gasteiger partial charge in [-0.05, 0) is 53.9 Å². The molecule has 0 spiro atoms. The lowest BCUT2D eigenvalue weighted by Gasteiger charge is -2.26. The largest absolute Gasteiger partial charge is 0.467 e. The Kier molecular flexibility index (Phi) is 8.12. The van der Waals surface area contributed by atoms with Crippen molar-refractivity contribution in [2.45, 2.75) is 31.0 Å². The van der Waals surface area contributed by atoms with Gasteiger partial charge in [-0.3, -0.25) is 4.79 Å². The summed E-state index contributed by atoms with van der Waals surface area (Å²) in [4.78, 5) is 12.7. The topological polar surface area (TPSA) is 98.1 Å². The SMILES string of the molecule is O=C(CCc1ccc(S(=O)(=O)N2CCOCC2)cc1)Nc1cccc(COCc2ccco2)c1. The van der Waals surface area contributed by atoms with E-state index in [2.05, 4.69) is 5.32 Å². The van der Waals surface area contributed by atoms with Gasteiger partial charge in [0.25, 0.3) is 0 Å². The maximum atomic E-state index is 12.7. The molecule has 1 aromatic heterocycles. The van der Waals surface area contributed by atoms with Gasteiger partial charge in [-0.2, -0.15) is 4.31 Å². The summed E-state index contributed by atoms with van der Waals surface area (Å²) in [6.07, 6.45) is 2.40. The van der Waals surface area contributed by atoms with Gasteiger partial charge in [-0.15, -0.1) is 0 Å². The molecular formula is C25H28N2O6S.